The summed E-state index contributed by atoms with van der Waals surface area (Å²) in [5, 5.41) is 6.84. The molecular formula is C4H8O5S. The number of rotatable bonds is 3. The number of hydrogen-bond acceptors (Lipinski definition) is 3. The van der Waals surface area contributed by atoms with Gasteiger partial charge in [-0.3, -0.25) is 9.35 Å². The van der Waals surface area contributed by atoms with Gasteiger partial charge in [-0.2, -0.15) is 8.42 Å². The van der Waals surface area contributed by atoms with E-state index in [9.17, 15) is 13.2 Å². The maximum absolute atomic E-state index is 10.2. The van der Waals surface area contributed by atoms with Crippen molar-refractivity contribution < 1.29 is 22.9 Å². The van der Waals surface area contributed by atoms with E-state index in [1.54, 1.807) is 0 Å². The molecule has 1 atom stereocenters. The highest BCUT2D eigenvalue weighted by Gasteiger charge is 2.19. The van der Waals surface area contributed by atoms with Gasteiger partial charge in [-0.1, -0.05) is 0 Å². The van der Waals surface area contributed by atoms with E-state index in [0.29, 0.717) is 0 Å². The highest BCUT2D eigenvalue weighted by Crippen LogP contribution is 2.01. The topological polar surface area (TPSA) is 91.7 Å². The van der Waals surface area contributed by atoms with Crippen LogP contribution in [0.5, 0.6) is 0 Å². The van der Waals surface area contributed by atoms with Gasteiger partial charge in [-0.05, 0) is 6.92 Å². The molecule has 0 heterocycles. The van der Waals surface area contributed by atoms with E-state index >= 15 is 0 Å². The van der Waals surface area contributed by atoms with Crippen molar-refractivity contribution >= 4 is 16.1 Å². The minimum absolute atomic E-state index is 0.571. The van der Waals surface area contributed by atoms with E-state index in [0.717, 1.165) is 6.92 Å². The standard InChI is InChI=1S/C4H8O5S/c1-3(2-4(5)6)10(7,8)9/h3H,2H2,1H3,(H,5,6)(H,7,8,9). The zero-order valence-corrected chi connectivity index (χ0v) is 6.13. The lowest BCUT2D eigenvalue weighted by molar-refractivity contribution is -0.136. The SMILES string of the molecule is CC(CC(=O)O)S(=O)(=O)O. The van der Waals surface area contributed by atoms with Crippen LogP contribution in [0.1, 0.15) is 13.3 Å². The Balaban J connectivity index is 4.12. The fourth-order valence-electron chi connectivity index (χ4n) is 0.351. The summed E-state index contributed by atoms with van der Waals surface area (Å²) in [5.41, 5.74) is 0. The number of hydrogen-bond donors (Lipinski definition) is 2. The van der Waals surface area contributed by atoms with Crippen LogP contribution in [0.4, 0.5) is 0 Å². The minimum Gasteiger partial charge on any atom is -0.481 e. The highest BCUT2D eigenvalue weighted by atomic mass is 32.2. The number of carboxylic acid groups (broad SMARTS) is 1. The molecule has 0 rings (SSSR count). The summed E-state index contributed by atoms with van der Waals surface area (Å²) < 4.78 is 28.6. The smallest absolute Gasteiger partial charge is 0.304 e. The average molecular weight is 168 g/mol. The first-order chi connectivity index (χ1) is 4.34. The van der Waals surface area contributed by atoms with Gasteiger partial charge >= 0.3 is 5.97 Å². The molecule has 10 heavy (non-hydrogen) atoms. The van der Waals surface area contributed by atoms with Gasteiger partial charge in [0.2, 0.25) is 0 Å². The third-order valence-corrected chi connectivity index (χ3v) is 2.15. The second-order valence-electron chi connectivity index (χ2n) is 1.92. The van der Waals surface area contributed by atoms with Crippen LogP contribution < -0.4 is 0 Å². The maximum Gasteiger partial charge on any atom is 0.304 e. The van der Waals surface area contributed by atoms with Crippen LogP contribution in [0.25, 0.3) is 0 Å². The van der Waals surface area contributed by atoms with Crippen LogP contribution in [0.3, 0.4) is 0 Å². The first kappa shape index (κ1) is 9.38. The second-order valence-corrected chi connectivity index (χ2v) is 3.76. The van der Waals surface area contributed by atoms with Crippen molar-refractivity contribution in [2.45, 2.75) is 18.6 Å². The van der Waals surface area contributed by atoms with Gasteiger partial charge in [0.15, 0.2) is 0 Å². The third kappa shape index (κ3) is 3.41. The first-order valence-electron chi connectivity index (χ1n) is 2.52. The molecule has 0 radical (unpaired) electrons. The van der Waals surface area contributed by atoms with Gasteiger partial charge in [0.1, 0.15) is 0 Å². The second kappa shape index (κ2) is 2.98. The highest BCUT2D eigenvalue weighted by molar-refractivity contribution is 7.86. The van der Waals surface area contributed by atoms with Crippen LogP contribution in [0, 0.1) is 0 Å². The molecule has 0 amide bonds. The monoisotopic (exact) mass is 168 g/mol. The van der Waals surface area contributed by atoms with E-state index in [2.05, 4.69) is 0 Å². The summed E-state index contributed by atoms with van der Waals surface area (Å²) in [6.45, 7) is 1.13. The molecule has 0 saturated carbocycles. The fraction of sp³-hybridized carbons (Fsp3) is 0.750. The van der Waals surface area contributed by atoms with Crippen LogP contribution in [-0.4, -0.2) is 29.3 Å². The van der Waals surface area contributed by atoms with E-state index < -0.39 is 27.8 Å². The normalized spacial score (nSPS) is 14.6. The molecule has 0 aliphatic heterocycles. The van der Waals surface area contributed by atoms with Gasteiger partial charge in [-0.25, -0.2) is 0 Å². The molecule has 0 aliphatic rings. The summed E-state index contributed by atoms with van der Waals surface area (Å²) in [4.78, 5) is 9.88. The molecule has 1 unspecified atom stereocenters. The summed E-state index contributed by atoms with van der Waals surface area (Å²) in [7, 11) is -4.18. The van der Waals surface area contributed by atoms with Crippen molar-refractivity contribution in [1.29, 1.82) is 0 Å². The lowest BCUT2D eigenvalue weighted by Crippen LogP contribution is -2.19. The molecule has 0 bridgehead atoms. The zero-order valence-electron chi connectivity index (χ0n) is 5.31. The lowest BCUT2D eigenvalue weighted by Gasteiger charge is -2.01. The number of carbonyl (C=O) groups is 1. The van der Waals surface area contributed by atoms with Gasteiger partial charge in [-0.15, -0.1) is 0 Å². The molecule has 0 aromatic carbocycles. The number of aliphatic carboxylic acids is 1. The molecule has 0 aliphatic carbocycles. The molecule has 5 nitrogen and oxygen atoms in total. The molecule has 2 N–H and O–H groups in total. The predicted molar refractivity (Wildman–Crippen MR) is 33.3 cm³/mol. The Kier molecular flexibility index (Phi) is 2.79. The summed E-state index contributed by atoms with van der Waals surface area (Å²) >= 11 is 0. The lowest BCUT2D eigenvalue weighted by atomic mass is 10.3. The molecule has 0 saturated heterocycles. The van der Waals surface area contributed by atoms with Gasteiger partial charge in [0, 0.05) is 0 Å². The predicted octanol–water partition coefficient (Wildman–Crippen LogP) is -0.263. The Morgan fingerprint density at radius 2 is 2.00 bits per heavy atom. The van der Waals surface area contributed by atoms with Crippen molar-refractivity contribution in [3.63, 3.8) is 0 Å². The molecule has 0 aromatic heterocycles. The Bertz CT molecular complexity index is 216. The van der Waals surface area contributed by atoms with E-state index in [1.165, 1.54) is 0 Å². The van der Waals surface area contributed by atoms with E-state index in [1.807, 2.05) is 0 Å². The average Bonchev–Trinajstić information content (AvgIpc) is 1.60. The zero-order chi connectivity index (χ0) is 8.36. The number of carboxylic acids is 1. The van der Waals surface area contributed by atoms with Crippen LogP contribution >= 0.6 is 0 Å². The van der Waals surface area contributed by atoms with Crippen LogP contribution in [0.15, 0.2) is 0 Å². The minimum atomic E-state index is -4.18. The summed E-state index contributed by atoms with van der Waals surface area (Å²) in [6, 6.07) is 0. The Morgan fingerprint density at radius 3 is 2.10 bits per heavy atom. The van der Waals surface area contributed by atoms with Crippen LogP contribution in [-0.2, 0) is 14.9 Å². The van der Waals surface area contributed by atoms with Crippen molar-refractivity contribution in [2.75, 3.05) is 0 Å². The summed E-state index contributed by atoms with van der Waals surface area (Å²) in [6.07, 6.45) is -0.571. The fourth-order valence-corrected chi connectivity index (χ4v) is 0.704. The first-order valence-corrected chi connectivity index (χ1v) is 4.02. The largest absolute Gasteiger partial charge is 0.481 e. The molecule has 0 aromatic rings. The quantitative estimate of drug-likeness (QED) is 0.566. The Hall–Kier alpha value is -0.620. The maximum atomic E-state index is 10.2. The summed E-state index contributed by atoms with van der Waals surface area (Å²) in [5.74, 6) is -1.25. The van der Waals surface area contributed by atoms with Crippen molar-refractivity contribution in [3.05, 3.63) is 0 Å². The van der Waals surface area contributed by atoms with Crippen molar-refractivity contribution in [3.8, 4) is 0 Å². The van der Waals surface area contributed by atoms with Crippen molar-refractivity contribution in [1.82, 2.24) is 0 Å². The Labute approximate surface area is 58.4 Å². The van der Waals surface area contributed by atoms with E-state index in [4.69, 9.17) is 9.66 Å². The van der Waals surface area contributed by atoms with E-state index in [-0.39, 0.29) is 0 Å². The molecule has 60 valence electrons. The third-order valence-electron chi connectivity index (χ3n) is 0.971. The van der Waals surface area contributed by atoms with Gasteiger partial charge in [0.25, 0.3) is 10.1 Å². The van der Waals surface area contributed by atoms with Crippen LogP contribution in [0.2, 0.25) is 0 Å². The molecule has 0 fully saturated rings. The molecular weight excluding hydrogens is 160 g/mol. The molecule has 0 spiro atoms. The van der Waals surface area contributed by atoms with Gasteiger partial charge < -0.3 is 5.11 Å². The molecule has 6 heteroatoms. The van der Waals surface area contributed by atoms with Gasteiger partial charge in [0.05, 0.1) is 11.7 Å². The van der Waals surface area contributed by atoms with Crippen molar-refractivity contribution in [2.24, 2.45) is 0 Å². The Morgan fingerprint density at radius 1 is 1.60 bits per heavy atom.